The number of benzene rings is 1. The molecule has 10 fully saturated rings. The molecule has 2 spiro atoms. The van der Waals surface area contributed by atoms with Crippen molar-refractivity contribution >= 4 is 28.2 Å². The van der Waals surface area contributed by atoms with E-state index in [1.165, 1.54) is 0 Å². The van der Waals surface area contributed by atoms with Crippen LogP contribution >= 0.6 is 11.6 Å². The number of fused-ring (bicyclic) bond motifs is 5. The SMILES string of the molecule is C[C@@H]1CCC2[C@@H](C)[C@@H](OCCN(CCCNc3ccnc4cc(Cl)ccc34)CCO[C@H]3O[C@@H]4O[C@]5(C)CCC6[C@H](C)CCC([C@H]3C)[C@]64OO5)O[C@@H]3O[C@]4(C)CCC1[C@@]23OO4. The zero-order valence-electron chi connectivity index (χ0n) is 36.3. The Hall–Kier alpha value is -1.72. The van der Waals surface area contributed by atoms with Gasteiger partial charge in [-0.15, -0.1) is 0 Å². The molecule has 1 aromatic heterocycles. The molecule has 1 aromatic carbocycles. The fraction of sp³-hybridized carbons (Fsp3) is 0.804. The van der Waals surface area contributed by atoms with Crippen molar-refractivity contribution in [2.45, 2.75) is 147 Å². The van der Waals surface area contributed by atoms with Gasteiger partial charge in [0.1, 0.15) is 0 Å². The summed E-state index contributed by atoms with van der Waals surface area (Å²) < 4.78 is 40.1. The Kier molecular flexibility index (Phi) is 11.5. The minimum atomic E-state index is -0.818. The smallest absolute Gasteiger partial charge is 0.201 e. The Bertz CT molecular complexity index is 1780. The second-order valence-electron chi connectivity index (χ2n) is 19.9. The molecule has 2 saturated carbocycles. The molecule has 1 N–H and O–H groups in total. The monoisotopic (exact) mass is 855 g/mol. The topological polar surface area (TPSA) is 120 Å². The molecule has 2 aromatic rings. The lowest BCUT2D eigenvalue weighted by atomic mass is 9.58. The van der Waals surface area contributed by atoms with E-state index in [2.05, 4.69) is 42.9 Å². The van der Waals surface area contributed by atoms with Crippen LogP contribution in [0.5, 0.6) is 0 Å². The van der Waals surface area contributed by atoms with Crippen LogP contribution in [0.1, 0.15) is 99.3 Å². The van der Waals surface area contributed by atoms with Crippen molar-refractivity contribution in [2.24, 2.45) is 47.3 Å². The third-order valence-corrected chi connectivity index (χ3v) is 16.5. The molecule has 14 heteroatoms. The van der Waals surface area contributed by atoms with Crippen molar-refractivity contribution < 1.29 is 48.0 Å². The van der Waals surface area contributed by atoms with Gasteiger partial charge < -0.3 is 33.7 Å². The van der Waals surface area contributed by atoms with Crippen molar-refractivity contribution in [3.8, 4) is 0 Å². The van der Waals surface area contributed by atoms with Crippen molar-refractivity contribution in [1.82, 2.24) is 9.88 Å². The number of halogens is 1. The van der Waals surface area contributed by atoms with Crippen LogP contribution in [0.4, 0.5) is 5.69 Å². The van der Waals surface area contributed by atoms with E-state index in [4.69, 9.17) is 59.6 Å². The highest BCUT2D eigenvalue weighted by Gasteiger charge is 2.71. The number of nitrogens with one attached hydrogen (secondary N) is 1. The van der Waals surface area contributed by atoms with Crippen molar-refractivity contribution in [2.75, 3.05) is 44.7 Å². The van der Waals surface area contributed by atoms with Crippen molar-refractivity contribution in [3.05, 3.63) is 35.5 Å². The Morgan fingerprint density at radius 3 is 1.85 bits per heavy atom. The highest BCUT2D eigenvalue weighted by Crippen LogP contribution is 2.62. The lowest BCUT2D eigenvalue weighted by molar-refractivity contribution is -0.577. The first-order valence-corrected chi connectivity index (χ1v) is 23.4. The minimum Gasteiger partial charge on any atom is -0.384 e. The molecular formula is C46H66ClN3O10. The highest BCUT2D eigenvalue weighted by atomic mass is 35.5. The first-order chi connectivity index (χ1) is 28.9. The van der Waals surface area contributed by atoms with Gasteiger partial charge in [0, 0.05) is 78.4 Å². The summed E-state index contributed by atoms with van der Waals surface area (Å²) in [4.78, 5) is 31.8. The van der Waals surface area contributed by atoms with Crippen molar-refractivity contribution in [3.63, 3.8) is 0 Å². The van der Waals surface area contributed by atoms with E-state index < -0.39 is 47.9 Å². The molecule has 10 aliphatic rings. The molecule has 0 radical (unpaired) electrons. The second-order valence-corrected chi connectivity index (χ2v) is 20.4. The maximum absolute atomic E-state index is 6.76. The summed E-state index contributed by atoms with van der Waals surface area (Å²) in [6.07, 6.45) is 8.83. The van der Waals surface area contributed by atoms with Gasteiger partial charge in [-0.05, 0) is 113 Å². The summed E-state index contributed by atoms with van der Waals surface area (Å²) in [5.41, 5.74) is 0.706. The molecule has 13 nitrogen and oxygen atoms in total. The predicted octanol–water partition coefficient (Wildman–Crippen LogP) is 8.44. The third kappa shape index (κ3) is 7.23. The number of aromatic nitrogens is 1. The molecule has 9 heterocycles. The number of ether oxygens (including phenoxy) is 6. The number of hydrogen-bond acceptors (Lipinski definition) is 13. The van der Waals surface area contributed by atoms with Gasteiger partial charge in [0.05, 0.1) is 18.7 Å². The standard InChI is InChI=1S/C46H66ClN3O10/c1-27-8-12-35-29(3)39(53-41-45(35)33(27)14-17-43(5,55-41)57-59-45)51-24-22-50(21-7-19-48-37-16-20-49-38-26-31(47)10-11-32(37)38)23-25-52-40-30(4)36-13-9-28(2)34-15-18-44(6)56-42(54-40)46(34,36)60-58-44/h10-11,16,20,26-30,33-36,39-42H,7-9,12-15,17-19,21-25H2,1-6H3,(H,48,49)/t27-,28-,29-,30-,33?,34?,35?,36?,39+,40+,41-,42-,43+,44+,45-,46-/m1/s1. The second kappa shape index (κ2) is 16.4. The fourth-order valence-electron chi connectivity index (χ4n) is 12.9. The molecule has 60 heavy (non-hydrogen) atoms. The normalized spacial score (nSPS) is 45.5. The quantitative estimate of drug-likeness (QED) is 0.154. The average molecular weight is 856 g/mol. The first kappa shape index (κ1) is 42.2. The van der Waals surface area contributed by atoms with Crippen molar-refractivity contribution in [1.29, 1.82) is 0 Å². The molecular weight excluding hydrogens is 790 g/mol. The molecule has 4 bridgehead atoms. The van der Waals surface area contributed by atoms with E-state index in [9.17, 15) is 0 Å². The van der Waals surface area contributed by atoms with E-state index in [0.29, 0.717) is 55.0 Å². The molecule has 8 aliphatic heterocycles. The predicted molar refractivity (Wildman–Crippen MR) is 222 cm³/mol. The van der Waals surface area contributed by atoms with Gasteiger partial charge in [-0.3, -0.25) is 9.88 Å². The molecule has 12 rings (SSSR count). The van der Waals surface area contributed by atoms with Crippen LogP contribution in [-0.2, 0) is 48.0 Å². The van der Waals surface area contributed by atoms with E-state index in [1.54, 1.807) is 0 Å². The maximum atomic E-state index is 6.76. The minimum absolute atomic E-state index is 0.116. The van der Waals surface area contributed by atoms with Crippen LogP contribution < -0.4 is 5.32 Å². The molecule has 4 unspecified atom stereocenters. The maximum Gasteiger partial charge on any atom is 0.201 e. The van der Waals surface area contributed by atoms with E-state index >= 15 is 0 Å². The number of rotatable bonds is 13. The van der Waals surface area contributed by atoms with E-state index in [0.717, 1.165) is 87.5 Å². The van der Waals surface area contributed by atoms with Gasteiger partial charge in [0.2, 0.25) is 11.6 Å². The lowest BCUT2D eigenvalue weighted by Crippen LogP contribution is -2.70. The van der Waals surface area contributed by atoms with E-state index in [-0.39, 0.29) is 23.7 Å². The zero-order chi connectivity index (χ0) is 41.4. The Morgan fingerprint density at radius 2 is 1.28 bits per heavy atom. The zero-order valence-corrected chi connectivity index (χ0v) is 37.0. The van der Waals surface area contributed by atoms with Crippen LogP contribution in [0.25, 0.3) is 10.9 Å². The fourth-order valence-corrected chi connectivity index (χ4v) is 13.0. The molecule has 16 atom stereocenters. The lowest BCUT2D eigenvalue weighted by Gasteiger charge is -2.60. The largest absolute Gasteiger partial charge is 0.384 e. The summed E-state index contributed by atoms with van der Waals surface area (Å²) >= 11 is 6.26. The summed E-state index contributed by atoms with van der Waals surface area (Å²) in [6.45, 7) is 17.2. The number of hydrogen-bond donors (Lipinski definition) is 1. The summed E-state index contributed by atoms with van der Waals surface area (Å²) in [5, 5.41) is 5.38. The van der Waals surface area contributed by atoms with Gasteiger partial charge in [-0.2, -0.15) is 0 Å². The van der Waals surface area contributed by atoms with Crippen LogP contribution in [0, 0.1) is 47.3 Å². The van der Waals surface area contributed by atoms with Gasteiger partial charge in [0.25, 0.3) is 0 Å². The van der Waals surface area contributed by atoms with Crippen LogP contribution in [0.3, 0.4) is 0 Å². The Labute approximate surface area is 359 Å². The van der Waals surface area contributed by atoms with Crippen LogP contribution in [0.15, 0.2) is 30.5 Å². The first-order valence-electron chi connectivity index (χ1n) is 23.1. The highest BCUT2D eigenvalue weighted by molar-refractivity contribution is 6.31. The van der Waals surface area contributed by atoms with E-state index in [1.807, 2.05) is 44.3 Å². The van der Waals surface area contributed by atoms with Crippen LogP contribution in [0.2, 0.25) is 5.02 Å². The number of anilines is 1. The summed E-state index contributed by atoms with van der Waals surface area (Å²) in [6, 6.07) is 7.86. The van der Waals surface area contributed by atoms with Gasteiger partial charge >= 0.3 is 0 Å². The molecule has 0 amide bonds. The third-order valence-electron chi connectivity index (χ3n) is 16.2. The number of nitrogens with zero attached hydrogens (tertiary/aromatic N) is 2. The van der Waals surface area contributed by atoms with Gasteiger partial charge in [-0.1, -0.05) is 39.3 Å². The Balaban J connectivity index is 0.801. The average Bonchev–Trinajstić information content (AvgIpc) is 3.61. The van der Waals surface area contributed by atoms with Crippen LogP contribution in [-0.4, -0.2) is 97.2 Å². The summed E-state index contributed by atoms with van der Waals surface area (Å²) in [5.74, 6) is 0.686. The van der Waals surface area contributed by atoms with Gasteiger partial charge in [0.15, 0.2) is 36.4 Å². The Morgan fingerprint density at radius 1 is 0.717 bits per heavy atom. The molecule has 2 aliphatic carbocycles. The van der Waals surface area contributed by atoms with Gasteiger partial charge in [-0.25, -0.2) is 19.6 Å². The number of pyridine rings is 1. The molecule has 8 saturated heterocycles. The summed E-state index contributed by atoms with van der Waals surface area (Å²) in [7, 11) is 0. The molecule has 332 valence electrons.